The smallest absolute Gasteiger partial charge is 0.338 e. The predicted octanol–water partition coefficient (Wildman–Crippen LogP) is 9.36. The Morgan fingerprint density at radius 1 is 0.544 bits per heavy atom. The van der Waals surface area contributed by atoms with Crippen molar-refractivity contribution in [3.63, 3.8) is 0 Å². The number of carbonyl (C=O) groups excluding carboxylic acids is 3. The first-order chi connectivity index (χ1) is 27.9. The van der Waals surface area contributed by atoms with E-state index in [9.17, 15) is 14.4 Å². The standard InChI is InChI=1S/C47H37N3O7/c1-54-46(52)37-16-10-15-36(27-37)44-38(31-57-47(53)35-21-25-40(26-22-35)56-30-33-13-6-3-7-14-33)28-43(49-50-44)41-17-8-9-18-42(41)48-45(51)34-19-23-39(24-20-34)55-29-32-11-4-2-5-12-32/h2-28H,29-31H2,1H3,(H,48,51). The number of ether oxygens (including phenoxy) is 4. The molecule has 57 heavy (non-hydrogen) atoms. The van der Waals surface area contributed by atoms with Crippen molar-refractivity contribution in [2.45, 2.75) is 19.8 Å². The summed E-state index contributed by atoms with van der Waals surface area (Å²) >= 11 is 0. The summed E-state index contributed by atoms with van der Waals surface area (Å²) in [5.74, 6) is -0.138. The minimum absolute atomic E-state index is 0.168. The third-order valence-electron chi connectivity index (χ3n) is 8.94. The van der Waals surface area contributed by atoms with Crippen LogP contribution in [0.3, 0.4) is 0 Å². The van der Waals surface area contributed by atoms with Crippen LogP contribution in [-0.4, -0.2) is 35.2 Å². The van der Waals surface area contributed by atoms with Crippen LogP contribution in [0.25, 0.3) is 22.5 Å². The number of amides is 1. The highest BCUT2D eigenvalue weighted by Crippen LogP contribution is 2.31. The van der Waals surface area contributed by atoms with E-state index in [1.165, 1.54) is 7.11 Å². The van der Waals surface area contributed by atoms with Gasteiger partial charge in [0.05, 0.1) is 35.3 Å². The molecule has 1 amide bonds. The molecule has 0 saturated carbocycles. The molecule has 282 valence electrons. The van der Waals surface area contributed by atoms with E-state index in [-0.39, 0.29) is 12.5 Å². The molecule has 0 fully saturated rings. The molecule has 0 unspecified atom stereocenters. The summed E-state index contributed by atoms with van der Waals surface area (Å²) < 4.78 is 22.5. The van der Waals surface area contributed by atoms with Crippen LogP contribution in [0.4, 0.5) is 5.69 Å². The van der Waals surface area contributed by atoms with Crippen LogP contribution >= 0.6 is 0 Å². The number of aromatic nitrogens is 2. The molecule has 1 N–H and O–H groups in total. The summed E-state index contributed by atoms with van der Waals surface area (Å²) in [5.41, 5.74) is 6.17. The summed E-state index contributed by atoms with van der Waals surface area (Å²) in [4.78, 5) is 39.1. The second-order valence-electron chi connectivity index (χ2n) is 12.8. The Balaban J connectivity index is 1.10. The summed E-state index contributed by atoms with van der Waals surface area (Å²) in [6.45, 7) is 0.640. The fourth-order valence-electron chi connectivity index (χ4n) is 5.93. The molecule has 10 nitrogen and oxygen atoms in total. The first kappa shape index (κ1) is 37.7. The van der Waals surface area contributed by atoms with E-state index in [0.717, 1.165) is 11.1 Å². The molecule has 6 aromatic carbocycles. The SMILES string of the molecule is COC(=O)c1cccc(-c2nnc(-c3ccccc3NC(=O)c3ccc(OCc4ccccc4)cc3)cc2COC(=O)c2ccc(OCc3ccccc3)cc2)c1. The predicted molar refractivity (Wildman–Crippen MR) is 216 cm³/mol. The van der Waals surface area contributed by atoms with Crippen molar-refractivity contribution < 1.29 is 33.3 Å². The maximum Gasteiger partial charge on any atom is 0.338 e. The number of benzene rings is 6. The largest absolute Gasteiger partial charge is 0.489 e. The molecular formula is C47H37N3O7. The van der Waals surface area contributed by atoms with E-state index < -0.39 is 11.9 Å². The van der Waals surface area contributed by atoms with Gasteiger partial charge in [-0.1, -0.05) is 91.0 Å². The highest BCUT2D eigenvalue weighted by molar-refractivity contribution is 6.06. The number of esters is 2. The van der Waals surface area contributed by atoms with E-state index >= 15 is 0 Å². The Kier molecular flexibility index (Phi) is 12.0. The quantitative estimate of drug-likeness (QED) is 0.108. The first-order valence-corrected chi connectivity index (χ1v) is 18.1. The zero-order valence-electron chi connectivity index (χ0n) is 31.0. The number of carbonyl (C=O) groups is 3. The van der Waals surface area contributed by atoms with Gasteiger partial charge in [-0.3, -0.25) is 4.79 Å². The van der Waals surface area contributed by atoms with Gasteiger partial charge in [0.2, 0.25) is 0 Å². The van der Waals surface area contributed by atoms with Gasteiger partial charge in [-0.2, -0.15) is 0 Å². The lowest BCUT2D eigenvalue weighted by atomic mass is 10.0. The molecule has 0 spiro atoms. The van der Waals surface area contributed by atoms with Gasteiger partial charge in [-0.05, 0) is 83.9 Å². The Bertz CT molecular complexity index is 2470. The molecule has 7 rings (SSSR count). The van der Waals surface area contributed by atoms with Crippen molar-refractivity contribution in [3.05, 3.63) is 197 Å². The highest BCUT2D eigenvalue weighted by Gasteiger charge is 2.18. The zero-order valence-corrected chi connectivity index (χ0v) is 31.0. The molecule has 0 bridgehead atoms. The highest BCUT2D eigenvalue weighted by atomic mass is 16.5. The van der Waals surface area contributed by atoms with Crippen molar-refractivity contribution in [1.29, 1.82) is 0 Å². The lowest BCUT2D eigenvalue weighted by molar-refractivity contribution is 0.0472. The second kappa shape index (κ2) is 18.2. The second-order valence-corrected chi connectivity index (χ2v) is 12.8. The molecule has 0 aliphatic heterocycles. The van der Waals surface area contributed by atoms with E-state index in [2.05, 4.69) is 15.5 Å². The number of anilines is 1. The number of nitrogens with one attached hydrogen (secondary N) is 1. The van der Waals surface area contributed by atoms with E-state index in [1.54, 1.807) is 91.0 Å². The van der Waals surface area contributed by atoms with E-state index in [0.29, 0.717) is 75.2 Å². The van der Waals surface area contributed by atoms with Crippen molar-refractivity contribution in [2.75, 3.05) is 12.4 Å². The molecule has 1 heterocycles. The maximum atomic E-state index is 13.4. The number of hydrogen-bond donors (Lipinski definition) is 1. The van der Waals surface area contributed by atoms with Gasteiger partial charge in [0, 0.05) is 22.3 Å². The van der Waals surface area contributed by atoms with Crippen molar-refractivity contribution in [3.8, 4) is 34.0 Å². The van der Waals surface area contributed by atoms with Gasteiger partial charge in [0.1, 0.15) is 31.3 Å². The average Bonchev–Trinajstić information content (AvgIpc) is 3.27. The summed E-state index contributed by atoms with van der Waals surface area (Å²) in [5, 5.41) is 12.1. The van der Waals surface area contributed by atoms with Crippen LogP contribution in [-0.2, 0) is 29.3 Å². The Hall–Kier alpha value is -7.59. The molecule has 0 aliphatic rings. The minimum Gasteiger partial charge on any atom is -0.489 e. The molecule has 0 saturated heterocycles. The van der Waals surface area contributed by atoms with Crippen LogP contribution < -0.4 is 14.8 Å². The summed E-state index contributed by atoms with van der Waals surface area (Å²) in [6.07, 6.45) is 0. The third-order valence-corrected chi connectivity index (χ3v) is 8.94. The first-order valence-electron chi connectivity index (χ1n) is 18.1. The number of hydrogen-bond acceptors (Lipinski definition) is 9. The van der Waals surface area contributed by atoms with Crippen LogP contribution in [0.2, 0.25) is 0 Å². The van der Waals surface area contributed by atoms with Gasteiger partial charge in [0.15, 0.2) is 0 Å². The monoisotopic (exact) mass is 755 g/mol. The fourth-order valence-corrected chi connectivity index (χ4v) is 5.93. The Morgan fingerprint density at radius 3 is 1.77 bits per heavy atom. The topological polar surface area (TPSA) is 126 Å². The van der Waals surface area contributed by atoms with Gasteiger partial charge in [-0.15, -0.1) is 10.2 Å². The number of nitrogens with zero attached hydrogens (tertiary/aromatic N) is 2. The van der Waals surface area contributed by atoms with Gasteiger partial charge >= 0.3 is 11.9 Å². The minimum atomic E-state index is -0.554. The average molecular weight is 756 g/mol. The van der Waals surface area contributed by atoms with Crippen LogP contribution in [0.5, 0.6) is 11.5 Å². The number of rotatable bonds is 14. The zero-order chi connectivity index (χ0) is 39.4. The van der Waals surface area contributed by atoms with Crippen LogP contribution in [0, 0.1) is 0 Å². The van der Waals surface area contributed by atoms with Crippen molar-refractivity contribution in [2.24, 2.45) is 0 Å². The summed E-state index contributed by atoms with van der Waals surface area (Å²) in [6, 6.07) is 49.0. The van der Waals surface area contributed by atoms with Crippen LogP contribution in [0.15, 0.2) is 164 Å². The summed E-state index contributed by atoms with van der Waals surface area (Å²) in [7, 11) is 1.31. The Morgan fingerprint density at radius 2 is 1.14 bits per heavy atom. The van der Waals surface area contributed by atoms with Crippen molar-refractivity contribution >= 4 is 23.5 Å². The molecule has 0 radical (unpaired) electrons. The number of para-hydroxylation sites is 1. The maximum absolute atomic E-state index is 13.4. The van der Waals surface area contributed by atoms with Crippen molar-refractivity contribution in [1.82, 2.24) is 10.2 Å². The molecular weight excluding hydrogens is 719 g/mol. The molecule has 0 aliphatic carbocycles. The van der Waals surface area contributed by atoms with Crippen LogP contribution in [0.1, 0.15) is 47.8 Å². The third kappa shape index (κ3) is 9.75. The van der Waals surface area contributed by atoms with Gasteiger partial charge in [-0.25, -0.2) is 9.59 Å². The molecule has 0 atom stereocenters. The number of methoxy groups -OCH3 is 1. The normalized spacial score (nSPS) is 10.6. The fraction of sp³-hybridized carbons (Fsp3) is 0.0851. The van der Waals surface area contributed by atoms with E-state index in [1.807, 2.05) is 72.8 Å². The molecule has 10 heteroatoms. The van der Waals surface area contributed by atoms with E-state index in [4.69, 9.17) is 18.9 Å². The molecule has 7 aromatic rings. The van der Waals surface area contributed by atoms with Gasteiger partial charge < -0.3 is 24.3 Å². The van der Waals surface area contributed by atoms with Gasteiger partial charge in [0.25, 0.3) is 5.91 Å². The molecule has 1 aromatic heterocycles. The lowest BCUT2D eigenvalue weighted by Gasteiger charge is -2.14. The Labute approximate surface area is 329 Å². The lowest BCUT2D eigenvalue weighted by Crippen LogP contribution is -2.13.